The summed E-state index contributed by atoms with van der Waals surface area (Å²) in [5.41, 5.74) is 6.11. The molecule has 0 aliphatic carbocycles. The Balaban J connectivity index is 3.30. The zero-order valence-electron chi connectivity index (χ0n) is 9.46. The summed E-state index contributed by atoms with van der Waals surface area (Å²) in [4.78, 5) is 15.2. The van der Waals surface area contributed by atoms with Gasteiger partial charge in [0.2, 0.25) is 0 Å². The van der Waals surface area contributed by atoms with E-state index in [0.29, 0.717) is 5.56 Å². The zero-order valence-corrected chi connectivity index (χ0v) is 10.2. The molecule has 0 spiro atoms. The van der Waals surface area contributed by atoms with Crippen molar-refractivity contribution in [1.29, 1.82) is 0 Å². The van der Waals surface area contributed by atoms with Gasteiger partial charge in [0.1, 0.15) is 11.7 Å². The molecule has 0 heterocycles. The Morgan fingerprint density at radius 2 is 2.24 bits per heavy atom. The minimum Gasteiger partial charge on any atom is -0.465 e. The number of ether oxygens (including phenoxy) is 1. The summed E-state index contributed by atoms with van der Waals surface area (Å²) in [6.07, 6.45) is 0. The van der Waals surface area contributed by atoms with Crippen molar-refractivity contribution in [3.8, 4) is 0 Å². The van der Waals surface area contributed by atoms with Crippen molar-refractivity contribution in [2.75, 3.05) is 13.0 Å². The summed E-state index contributed by atoms with van der Waals surface area (Å²) in [6, 6.07) is 2.50. The summed E-state index contributed by atoms with van der Waals surface area (Å²) in [5.74, 6) is -1.00. The molecule has 1 rings (SSSR count). The third-order valence-electron chi connectivity index (χ3n) is 2.14. The fourth-order valence-corrected chi connectivity index (χ4v) is 1.26. The molecule has 4 nitrogen and oxygen atoms in total. The van der Waals surface area contributed by atoms with Crippen LogP contribution in [0, 0.1) is 12.7 Å². The number of rotatable bonds is 3. The number of alkyl halides is 1. The first-order chi connectivity index (χ1) is 7.99. The van der Waals surface area contributed by atoms with Crippen molar-refractivity contribution in [3.63, 3.8) is 0 Å². The summed E-state index contributed by atoms with van der Waals surface area (Å²) < 4.78 is 18.0. The summed E-state index contributed by atoms with van der Waals surface area (Å²) in [7, 11) is 1.22. The maximum atomic E-state index is 13.5. The predicted molar refractivity (Wildman–Crippen MR) is 64.5 cm³/mol. The molecule has 6 heteroatoms. The van der Waals surface area contributed by atoms with Crippen LogP contribution in [0.5, 0.6) is 0 Å². The Hall–Kier alpha value is -1.62. The van der Waals surface area contributed by atoms with Crippen molar-refractivity contribution in [2.24, 2.45) is 10.7 Å². The van der Waals surface area contributed by atoms with Gasteiger partial charge < -0.3 is 10.5 Å². The van der Waals surface area contributed by atoms with Crippen molar-refractivity contribution in [3.05, 3.63) is 29.1 Å². The molecular formula is C11H12ClFN2O2. The smallest absolute Gasteiger partial charge is 0.338 e. The first kappa shape index (κ1) is 13.4. The summed E-state index contributed by atoms with van der Waals surface area (Å²) in [6.45, 7) is 1.54. The van der Waals surface area contributed by atoms with E-state index >= 15 is 0 Å². The number of nitrogens with two attached hydrogens (primary N) is 1. The monoisotopic (exact) mass is 258 g/mol. The largest absolute Gasteiger partial charge is 0.465 e. The van der Waals surface area contributed by atoms with Gasteiger partial charge in [0.25, 0.3) is 0 Å². The lowest BCUT2D eigenvalue weighted by atomic mass is 10.1. The number of methoxy groups -OCH3 is 1. The first-order valence-electron chi connectivity index (χ1n) is 4.77. The van der Waals surface area contributed by atoms with Gasteiger partial charge in [-0.15, -0.1) is 11.6 Å². The summed E-state index contributed by atoms with van der Waals surface area (Å²) in [5, 5.41) is 0. The molecule has 0 unspecified atom stereocenters. The lowest BCUT2D eigenvalue weighted by Crippen LogP contribution is -2.12. The second kappa shape index (κ2) is 5.63. The first-order valence-corrected chi connectivity index (χ1v) is 5.30. The van der Waals surface area contributed by atoms with Crippen LogP contribution in [0.15, 0.2) is 17.1 Å². The van der Waals surface area contributed by atoms with Gasteiger partial charge in [-0.25, -0.2) is 14.2 Å². The number of benzene rings is 1. The lowest BCUT2D eigenvalue weighted by molar-refractivity contribution is 0.0600. The van der Waals surface area contributed by atoms with Crippen LogP contribution in [-0.2, 0) is 4.74 Å². The van der Waals surface area contributed by atoms with E-state index in [-0.39, 0.29) is 23.0 Å². The molecule has 17 heavy (non-hydrogen) atoms. The number of hydrogen-bond donors (Lipinski definition) is 1. The number of carbonyl (C=O) groups is 1. The average Bonchev–Trinajstić information content (AvgIpc) is 2.33. The Morgan fingerprint density at radius 1 is 1.59 bits per heavy atom. The molecule has 0 saturated heterocycles. The van der Waals surface area contributed by atoms with Gasteiger partial charge in [0.15, 0.2) is 0 Å². The van der Waals surface area contributed by atoms with Crippen LogP contribution in [0.25, 0.3) is 0 Å². The molecule has 0 amide bonds. The van der Waals surface area contributed by atoms with E-state index in [1.54, 1.807) is 0 Å². The highest BCUT2D eigenvalue weighted by atomic mass is 35.5. The Bertz CT molecular complexity index is 475. The van der Waals surface area contributed by atoms with Gasteiger partial charge in [0.05, 0.1) is 24.2 Å². The quantitative estimate of drug-likeness (QED) is 0.391. The molecule has 0 radical (unpaired) electrons. The molecule has 0 aliphatic rings. The summed E-state index contributed by atoms with van der Waals surface area (Å²) >= 11 is 5.48. The number of aliphatic imine (C=N–C) groups is 1. The van der Waals surface area contributed by atoms with E-state index in [0.717, 1.165) is 6.07 Å². The normalized spacial score (nSPS) is 11.4. The molecule has 0 atom stereocenters. The van der Waals surface area contributed by atoms with E-state index < -0.39 is 11.8 Å². The van der Waals surface area contributed by atoms with Crippen LogP contribution in [0.3, 0.4) is 0 Å². The van der Waals surface area contributed by atoms with Gasteiger partial charge >= 0.3 is 5.97 Å². The highest BCUT2D eigenvalue weighted by Gasteiger charge is 2.12. The molecule has 2 N–H and O–H groups in total. The van der Waals surface area contributed by atoms with E-state index in [2.05, 4.69) is 9.73 Å². The maximum absolute atomic E-state index is 13.5. The fourth-order valence-electron chi connectivity index (χ4n) is 1.20. The van der Waals surface area contributed by atoms with Gasteiger partial charge in [-0.2, -0.15) is 0 Å². The van der Waals surface area contributed by atoms with Crippen molar-refractivity contribution in [1.82, 2.24) is 0 Å². The Kier molecular flexibility index (Phi) is 4.45. The molecule has 0 fully saturated rings. The van der Waals surface area contributed by atoms with Crippen LogP contribution >= 0.6 is 11.6 Å². The van der Waals surface area contributed by atoms with Crippen LogP contribution < -0.4 is 5.73 Å². The molecule has 92 valence electrons. The van der Waals surface area contributed by atoms with Gasteiger partial charge in [-0.05, 0) is 19.1 Å². The lowest BCUT2D eigenvalue weighted by Gasteiger charge is -2.06. The van der Waals surface area contributed by atoms with E-state index in [4.69, 9.17) is 17.3 Å². The van der Waals surface area contributed by atoms with Gasteiger partial charge in [-0.1, -0.05) is 0 Å². The molecule has 1 aromatic carbocycles. The molecule has 0 aliphatic heterocycles. The highest BCUT2D eigenvalue weighted by molar-refractivity contribution is 6.28. The van der Waals surface area contributed by atoms with E-state index in [1.807, 2.05) is 0 Å². The molecular weight excluding hydrogens is 247 g/mol. The van der Waals surface area contributed by atoms with Crippen LogP contribution in [0.4, 0.5) is 10.1 Å². The SMILES string of the molecule is COC(=O)c1cc(F)c(C)c(N=C(N)CCl)c1. The van der Waals surface area contributed by atoms with Crippen molar-refractivity contribution >= 4 is 29.1 Å². The van der Waals surface area contributed by atoms with Crippen LogP contribution in [-0.4, -0.2) is 24.8 Å². The molecule has 1 aromatic rings. The third-order valence-corrected chi connectivity index (χ3v) is 2.41. The van der Waals surface area contributed by atoms with E-state index in [9.17, 15) is 9.18 Å². The minimum absolute atomic E-state index is 0.0313. The predicted octanol–water partition coefficient (Wildman–Crippen LogP) is 2.15. The van der Waals surface area contributed by atoms with Gasteiger partial charge in [0, 0.05) is 5.56 Å². The topological polar surface area (TPSA) is 64.7 Å². The second-order valence-corrected chi connectivity index (χ2v) is 3.60. The highest BCUT2D eigenvalue weighted by Crippen LogP contribution is 2.24. The average molecular weight is 259 g/mol. The molecule has 0 aromatic heterocycles. The number of amidine groups is 1. The molecule has 0 bridgehead atoms. The van der Waals surface area contributed by atoms with Gasteiger partial charge in [-0.3, -0.25) is 0 Å². The van der Waals surface area contributed by atoms with E-state index in [1.165, 1.54) is 20.1 Å². The Morgan fingerprint density at radius 3 is 2.76 bits per heavy atom. The van der Waals surface area contributed by atoms with Crippen molar-refractivity contribution < 1.29 is 13.9 Å². The van der Waals surface area contributed by atoms with Crippen molar-refractivity contribution in [2.45, 2.75) is 6.92 Å². The zero-order chi connectivity index (χ0) is 13.0. The minimum atomic E-state index is -0.634. The number of hydrogen-bond acceptors (Lipinski definition) is 3. The number of esters is 1. The number of halogens is 2. The maximum Gasteiger partial charge on any atom is 0.338 e. The standard InChI is InChI=1S/C11H12ClFN2O2/c1-6-8(13)3-7(11(16)17-2)4-9(6)15-10(14)5-12/h3-4H,5H2,1-2H3,(H2,14,15). The second-order valence-electron chi connectivity index (χ2n) is 3.33. The van der Waals surface area contributed by atoms with Crippen LogP contribution in [0.2, 0.25) is 0 Å². The number of carbonyl (C=O) groups excluding carboxylic acids is 1. The Labute approximate surface area is 103 Å². The molecule has 0 saturated carbocycles. The third kappa shape index (κ3) is 3.17. The van der Waals surface area contributed by atoms with Crippen LogP contribution in [0.1, 0.15) is 15.9 Å². The number of nitrogens with zero attached hydrogens (tertiary/aromatic N) is 1. The fraction of sp³-hybridized carbons (Fsp3) is 0.273.